The minimum Gasteiger partial charge on any atom is -0.293 e. The highest BCUT2D eigenvalue weighted by molar-refractivity contribution is 7.80. The summed E-state index contributed by atoms with van der Waals surface area (Å²) in [7, 11) is 2.03. The van der Waals surface area contributed by atoms with Crippen LogP contribution >= 0.6 is 12.6 Å². The van der Waals surface area contributed by atoms with Gasteiger partial charge in [0.2, 0.25) is 0 Å². The molecule has 1 aromatic rings. The predicted octanol–water partition coefficient (Wildman–Crippen LogP) is 1.40. The van der Waals surface area contributed by atoms with Gasteiger partial charge in [-0.15, -0.1) is 0 Å². The molecule has 0 radical (unpaired) electrons. The van der Waals surface area contributed by atoms with Crippen LogP contribution < -0.4 is 0 Å². The molecule has 0 atom stereocenters. The molecule has 0 aliphatic heterocycles. The van der Waals surface area contributed by atoms with E-state index < -0.39 is 0 Å². The second kappa shape index (κ2) is 4.36. The van der Waals surface area contributed by atoms with E-state index in [2.05, 4.69) is 28.6 Å². The summed E-state index contributed by atoms with van der Waals surface area (Å²) in [6.07, 6.45) is 3.66. The Balaban J connectivity index is 2.51. The number of pyridine rings is 1. The van der Waals surface area contributed by atoms with Crippen LogP contribution in [0.2, 0.25) is 0 Å². The van der Waals surface area contributed by atoms with Crippen molar-refractivity contribution in [1.29, 1.82) is 0 Å². The summed E-state index contributed by atoms with van der Waals surface area (Å²) < 4.78 is 0. The fourth-order valence-corrected chi connectivity index (χ4v) is 0.953. The number of rotatable bonds is 3. The second-order valence-electron chi connectivity index (χ2n) is 2.52. The maximum atomic E-state index is 4.15. The third-order valence-corrected chi connectivity index (χ3v) is 1.90. The molecule has 0 aliphatic carbocycles. The van der Waals surface area contributed by atoms with Gasteiger partial charge in [-0.25, -0.2) is 0 Å². The van der Waals surface area contributed by atoms with Gasteiger partial charge in [0.15, 0.2) is 0 Å². The topological polar surface area (TPSA) is 16.1 Å². The van der Waals surface area contributed by atoms with E-state index >= 15 is 0 Å². The molecule has 3 heteroatoms. The minimum absolute atomic E-state index is 0.773. The Morgan fingerprint density at radius 1 is 1.64 bits per heavy atom. The fraction of sp³-hybridized carbons (Fsp3) is 0.375. The first-order valence-corrected chi connectivity index (χ1v) is 4.14. The van der Waals surface area contributed by atoms with Crippen molar-refractivity contribution in [2.75, 3.05) is 12.9 Å². The van der Waals surface area contributed by atoms with E-state index in [1.54, 1.807) is 6.20 Å². The van der Waals surface area contributed by atoms with Crippen molar-refractivity contribution in [2.45, 2.75) is 6.54 Å². The summed E-state index contributed by atoms with van der Waals surface area (Å²) in [6, 6.07) is 4.01. The normalized spacial score (nSPS) is 10.5. The first-order valence-electron chi connectivity index (χ1n) is 3.51. The molecule has 0 saturated carbocycles. The predicted molar refractivity (Wildman–Crippen MR) is 49.6 cm³/mol. The van der Waals surface area contributed by atoms with E-state index in [0.29, 0.717) is 0 Å². The lowest BCUT2D eigenvalue weighted by molar-refractivity contribution is 0.387. The molecule has 1 rings (SSSR count). The largest absolute Gasteiger partial charge is 0.293 e. The quantitative estimate of drug-likeness (QED) is 0.542. The second-order valence-corrected chi connectivity index (χ2v) is 2.80. The Hall–Kier alpha value is -0.540. The van der Waals surface area contributed by atoms with Gasteiger partial charge in [-0.2, -0.15) is 12.6 Å². The van der Waals surface area contributed by atoms with Crippen LogP contribution in [0, 0.1) is 0 Å². The van der Waals surface area contributed by atoms with Crippen molar-refractivity contribution in [1.82, 2.24) is 9.88 Å². The molecule has 1 aromatic heterocycles. The van der Waals surface area contributed by atoms with Crippen molar-refractivity contribution in [3.8, 4) is 0 Å². The van der Waals surface area contributed by atoms with Crippen LogP contribution in [-0.2, 0) is 6.54 Å². The van der Waals surface area contributed by atoms with Crippen molar-refractivity contribution in [3.05, 3.63) is 30.1 Å². The number of nitrogens with zero attached hydrogens (tertiary/aromatic N) is 2. The maximum absolute atomic E-state index is 4.15. The van der Waals surface area contributed by atoms with Crippen LogP contribution in [0.5, 0.6) is 0 Å². The molecule has 0 fully saturated rings. The smallest absolute Gasteiger partial charge is 0.0414 e. The number of aromatic nitrogens is 1. The van der Waals surface area contributed by atoms with E-state index in [0.717, 1.165) is 12.4 Å². The van der Waals surface area contributed by atoms with Gasteiger partial charge in [0, 0.05) is 24.8 Å². The van der Waals surface area contributed by atoms with Crippen LogP contribution in [0.1, 0.15) is 5.56 Å². The van der Waals surface area contributed by atoms with Crippen molar-refractivity contribution in [2.24, 2.45) is 0 Å². The Morgan fingerprint density at radius 3 is 3.00 bits per heavy atom. The van der Waals surface area contributed by atoms with Crippen molar-refractivity contribution < 1.29 is 0 Å². The average Bonchev–Trinajstić information content (AvgIpc) is 2.06. The molecule has 0 saturated heterocycles. The third-order valence-electron chi connectivity index (χ3n) is 1.42. The number of thiol groups is 1. The lowest BCUT2D eigenvalue weighted by Gasteiger charge is -2.11. The van der Waals surface area contributed by atoms with Crippen LogP contribution in [0.25, 0.3) is 0 Å². The van der Waals surface area contributed by atoms with E-state index in [1.807, 2.05) is 19.3 Å². The average molecular weight is 168 g/mol. The standard InChI is InChI=1S/C8H12N2S/c1-10(7-11)6-8-3-2-4-9-5-8/h2-5,11H,6-7H2,1H3. The maximum Gasteiger partial charge on any atom is 0.0414 e. The summed E-state index contributed by atoms with van der Waals surface area (Å²) in [6.45, 7) is 0.914. The summed E-state index contributed by atoms with van der Waals surface area (Å²) in [4.78, 5) is 6.13. The lowest BCUT2D eigenvalue weighted by Crippen LogP contribution is -2.15. The molecule has 60 valence electrons. The Labute approximate surface area is 72.7 Å². The van der Waals surface area contributed by atoms with Gasteiger partial charge >= 0.3 is 0 Å². The number of hydrogen-bond acceptors (Lipinski definition) is 3. The van der Waals surface area contributed by atoms with Crippen molar-refractivity contribution >= 4 is 12.6 Å². The zero-order valence-electron chi connectivity index (χ0n) is 6.57. The van der Waals surface area contributed by atoms with Gasteiger partial charge in [0.05, 0.1) is 0 Å². The molecule has 0 N–H and O–H groups in total. The first-order chi connectivity index (χ1) is 5.33. The van der Waals surface area contributed by atoms with Crippen LogP contribution in [-0.4, -0.2) is 22.8 Å². The lowest BCUT2D eigenvalue weighted by atomic mass is 10.3. The van der Waals surface area contributed by atoms with E-state index in [-0.39, 0.29) is 0 Å². The van der Waals surface area contributed by atoms with Gasteiger partial charge in [-0.1, -0.05) is 6.07 Å². The summed E-state index contributed by atoms with van der Waals surface area (Å²) in [5, 5.41) is 0. The van der Waals surface area contributed by atoms with Gasteiger partial charge in [0.1, 0.15) is 0 Å². The zero-order valence-corrected chi connectivity index (χ0v) is 7.46. The Kier molecular flexibility index (Phi) is 3.39. The monoisotopic (exact) mass is 168 g/mol. The van der Waals surface area contributed by atoms with Gasteiger partial charge in [-0.3, -0.25) is 9.88 Å². The SMILES string of the molecule is CN(CS)Cc1cccnc1. The van der Waals surface area contributed by atoms with E-state index in [4.69, 9.17) is 0 Å². The van der Waals surface area contributed by atoms with Crippen LogP contribution in [0.15, 0.2) is 24.5 Å². The fourth-order valence-electron chi connectivity index (χ4n) is 0.853. The van der Waals surface area contributed by atoms with E-state index in [9.17, 15) is 0 Å². The molecule has 2 nitrogen and oxygen atoms in total. The van der Waals surface area contributed by atoms with Crippen LogP contribution in [0.3, 0.4) is 0 Å². The molecule has 0 aromatic carbocycles. The molecule has 0 aliphatic rings. The zero-order chi connectivity index (χ0) is 8.10. The molecule has 11 heavy (non-hydrogen) atoms. The minimum atomic E-state index is 0.773. The van der Waals surface area contributed by atoms with Crippen LogP contribution in [0.4, 0.5) is 0 Å². The van der Waals surface area contributed by atoms with Gasteiger partial charge in [0.25, 0.3) is 0 Å². The Morgan fingerprint density at radius 2 is 2.45 bits per heavy atom. The van der Waals surface area contributed by atoms with E-state index in [1.165, 1.54) is 5.56 Å². The molecular formula is C8H12N2S. The molecule has 0 bridgehead atoms. The number of hydrogen-bond donors (Lipinski definition) is 1. The van der Waals surface area contributed by atoms with Gasteiger partial charge in [-0.05, 0) is 18.7 Å². The molecule has 0 unspecified atom stereocenters. The molecule has 0 amide bonds. The first kappa shape index (κ1) is 8.56. The molecule has 1 heterocycles. The highest BCUT2D eigenvalue weighted by Gasteiger charge is 1.95. The summed E-state index contributed by atoms with van der Waals surface area (Å²) >= 11 is 4.15. The van der Waals surface area contributed by atoms with Crippen molar-refractivity contribution in [3.63, 3.8) is 0 Å². The summed E-state index contributed by atoms with van der Waals surface area (Å²) in [5.74, 6) is 0.773. The third kappa shape index (κ3) is 2.91. The Bertz CT molecular complexity index is 201. The summed E-state index contributed by atoms with van der Waals surface area (Å²) in [5.41, 5.74) is 1.23. The molecular weight excluding hydrogens is 156 g/mol. The highest BCUT2D eigenvalue weighted by Crippen LogP contribution is 2.00. The highest BCUT2D eigenvalue weighted by atomic mass is 32.1. The van der Waals surface area contributed by atoms with Gasteiger partial charge < -0.3 is 0 Å². The molecule has 0 spiro atoms.